The second-order valence-corrected chi connectivity index (χ2v) is 18.8. The molecule has 1 atom stereocenters. The van der Waals surface area contributed by atoms with E-state index in [0.717, 1.165) is 96.3 Å². The molecule has 0 aromatic rings. The Hall–Kier alpha value is -2.63. The fraction of sp³-hybridized carbons (Fsp3) is 0.814. The molecule has 0 spiro atoms. The minimum Gasteiger partial charge on any atom is -0.462 e. The minimum atomic E-state index is -0.780. The number of allylic oxidation sites excluding steroid dienone is 8. The van der Waals surface area contributed by atoms with E-state index in [1.54, 1.807) is 0 Å². The second-order valence-electron chi connectivity index (χ2n) is 18.8. The van der Waals surface area contributed by atoms with Crippen molar-refractivity contribution in [3.63, 3.8) is 0 Å². The molecular weight excluding hydrogens is 805 g/mol. The Kier molecular flexibility index (Phi) is 51.8. The van der Waals surface area contributed by atoms with Crippen molar-refractivity contribution >= 4 is 17.9 Å². The summed E-state index contributed by atoms with van der Waals surface area (Å²) >= 11 is 0. The van der Waals surface area contributed by atoms with Gasteiger partial charge in [-0.3, -0.25) is 14.4 Å². The van der Waals surface area contributed by atoms with Gasteiger partial charge in [0.1, 0.15) is 13.2 Å². The standard InChI is InChI=1S/C59H106O6/c1-4-7-10-13-16-19-22-25-28-29-32-34-37-40-43-46-49-52-58(61)64-55-56(65-59(62)53-50-47-44-41-38-35-31-27-24-21-18-15-12-9-6-3)54-63-57(60)51-48-45-42-39-36-33-30-26-23-20-17-14-11-8-5-2/h8,11,17,20-21,24,26,30,56H,4-7,9-10,12-16,18-19,22-23,25,27-29,31-55H2,1-3H3/b11-8-,20-17-,24-21-,30-26-/t56-/m1/s1. The molecule has 0 unspecified atom stereocenters. The van der Waals surface area contributed by atoms with Gasteiger partial charge >= 0.3 is 17.9 Å². The summed E-state index contributed by atoms with van der Waals surface area (Å²) < 4.78 is 16.8. The van der Waals surface area contributed by atoms with Crippen molar-refractivity contribution in [2.24, 2.45) is 0 Å². The summed E-state index contributed by atoms with van der Waals surface area (Å²) in [5.74, 6) is -0.886. The monoisotopic (exact) mass is 911 g/mol. The average molecular weight is 911 g/mol. The predicted molar refractivity (Wildman–Crippen MR) is 279 cm³/mol. The van der Waals surface area contributed by atoms with Crippen molar-refractivity contribution in [3.05, 3.63) is 48.6 Å². The SMILES string of the molecule is CC/C=C\C/C=C\C/C=C\CCCCCCCC(=O)OC[C@H](COC(=O)CCCCCCCCCCCCCCCCCCC)OC(=O)CCCCCCCCC/C=C\CCCCCC. The van der Waals surface area contributed by atoms with Gasteiger partial charge in [0.2, 0.25) is 0 Å². The molecule has 6 nitrogen and oxygen atoms in total. The van der Waals surface area contributed by atoms with Crippen molar-refractivity contribution in [3.8, 4) is 0 Å². The van der Waals surface area contributed by atoms with Crippen LogP contribution in [0.15, 0.2) is 48.6 Å². The van der Waals surface area contributed by atoms with E-state index < -0.39 is 6.10 Å². The lowest BCUT2D eigenvalue weighted by Crippen LogP contribution is -2.30. The number of unbranched alkanes of at least 4 members (excludes halogenated alkanes) is 32. The highest BCUT2D eigenvalue weighted by Gasteiger charge is 2.19. The molecule has 0 saturated heterocycles. The van der Waals surface area contributed by atoms with Crippen LogP contribution in [0.5, 0.6) is 0 Å². The Morgan fingerprint density at radius 3 is 0.969 bits per heavy atom. The quantitative estimate of drug-likeness (QED) is 0.0262. The first-order valence-corrected chi connectivity index (χ1v) is 28.1. The van der Waals surface area contributed by atoms with E-state index in [1.807, 2.05) is 0 Å². The number of carbonyl (C=O) groups is 3. The zero-order chi connectivity index (χ0) is 47.2. The summed E-state index contributed by atoms with van der Waals surface area (Å²) in [6.07, 6.45) is 65.2. The van der Waals surface area contributed by atoms with E-state index in [2.05, 4.69) is 69.4 Å². The Morgan fingerprint density at radius 2 is 0.600 bits per heavy atom. The van der Waals surface area contributed by atoms with Crippen LogP contribution in [0.3, 0.4) is 0 Å². The third kappa shape index (κ3) is 52.2. The van der Waals surface area contributed by atoms with Gasteiger partial charge in [0.15, 0.2) is 6.10 Å². The molecule has 6 heteroatoms. The van der Waals surface area contributed by atoms with Crippen LogP contribution in [-0.2, 0) is 28.6 Å². The van der Waals surface area contributed by atoms with Gasteiger partial charge in [0.25, 0.3) is 0 Å². The van der Waals surface area contributed by atoms with Crippen LogP contribution in [0.4, 0.5) is 0 Å². The molecule has 0 amide bonds. The van der Waals surface area contributed by atoms with Crippen molar-refractivity contribution in [2.75, 3.05) is 13.2 Å². The van der Waals surface area contributed by atoms with E-state index in [1.165, 1.54) is 154 Å². The lowest BCUT2D eigenvalue weighted by molar-refractivity contribution is -0.167. The van der Waals surface area contributed by atoms with Gasteiger partial charge in [0, 0.05) is 19.3 Å². The number of hydrogen-bond acceptors (Lipinski definition) is 6. The second kappa shape index (κ2) is 54.0. The van der Waals surface area contributed by atoms with Crippen LogP contribution in [0.25, 0.3) is 0 Å². The Morgan fingerprint density at radius 1 is 0.323 bits per heavy atom. The van der Waals surface area contributed by atoms with Gasteiger partial charge < -0.3 is 14.2 Å². The summed E-state index contributed by atoms with van der Waals surface area (Å²) in [5, 5.41) is 0. The van der Waals surface area contributed by atoms with Crippen LogP contribution < -0.4 is 0 Å². The molecule has 0 bridgehead atoms. The van der Waals surface area contributed by atoms with Crippen molar-refractivity contribution in [2.45, 2.75) is 297 Å². The van der Waals surface area contributed by atoms with Crippen LogP contribution in [0.1, 0.15) is 290 Å². The fourth-order valence-electron chi connectivity index (χ4n) is 8.10. The van der Waals surface area contributed by atoms with Gasteiger partial charge in [-0.05, 0) is 77.0 Å². The topological polar surface area (TPSA) is 78.9 Å². The fourth-order valence-corrected chi connectivity index (χ4v) is 8.10. The summed E-state index contributed by atoms with van der Waals surface area (Å²) in [5.41, 5.74) is 0. The van der Waals surface area contributed by atoms with Crippen LogP contribution in [0, 0.1) is 0 Å². The van der Waals surface area contributed by atoms with Gasteiger partial charge in [-0.25, -0.2) is 0 Å². The number of rotatable bonds is 51. The predicted octanol–water partition coefficient (Wildman–Crippen LogP) is 18.7. The van der Waals surface area contributed by atoms with Crippen molar-refractivity contribution in [1.82, 2.24) is 0 Å². The molecule has 0 aliphatic carbocycles. The maximum Gasteiger partial charge on any atom is 0.306 e. The number of ether oxygens (including phenoxy) is 3. The first-order chi connectivity index (χ1) is 32.0. The highest BCUT2D eigenvalue weighted by molar-refractivity contribution is 5.71. The number of esters is 3. The molecular formula is C59H106O6. The summed E-state index contributed by atoms with van der Waals surface area (Å²) in [4.78, 5) is 38.1. The normalized spacial score (nSPS) is 12.4. The minimum absolute atomic E-state index is 0.0775. The van der Waals surface area contributed by atoms with Crippen molar-refractivity contribution in [1.29, 1.82) is 0 Å². The Labute approximate surface area is 403 Å². The summed E-state index contributed by atoms with van der Waals surface area (Å²) in [6, 6.07) is 0. The molecule has 0 radical (unpaired) electrons. The zero-order valence-corrected chi connectivity index (χ0v) is 43.3. The molecule has 378 valence electrons. The maximum atomic E-state index is 12.8. The van der Waals surface area contributed by atoms with E-state index in [9.17, 15) is 14.4 Å². The molecule has 0 aromatic carbocycles. The smallest absolute Gasteiger partial charge is 0.306 e. The molecule has 0 aliphatic rings. The molecule has 0 aromatic heterocycles. The molecule has 65 heavy (non-hydrogen) atoms. The maximum absolute atomic E-state index is 12.8. The molecule has 0 N–H and O–H groups in total. The van der Waals surface area contributed by atoms with Crippen LogP contribution in [-0.4, -0.2) is 37.2 Å². The zero-order valence-electron chi connectivity index (χ0n) is 43.3. The largest absolute Gasteiger partial charge is 0.462 e. The molecule has 0 aliphatic heterocycles. The first-order valence-electron chi connectivity index (χ1n) is 28.1. The number of carbonyl (C=O) groups excluding carboxylic acids is 3. The lowest BCUT2D eigenvalue weighted by atomic mass is 10.0. The highest BCUT2D eigenvalue weighted by atomic mass is 16.6. The van der Waals surface area contributed by atoms with Gasteiger partial charge in [-0.15, -0.1) is 0 Å². The van der Waals surface area contributed by atoms with E-state index >= 15 is 0 Å². The van der Waals surface area contributed by atoms with E-state index in [-0.39, 0.29) is 31.1 Å². The molecule has 0 heterocycles. The van der Waals surface area contributed by atoms with Gasteiger partial charge in [-0.2, -0.15) is 0 Å². The van der Waals surface area contributed by atoms with E-state index in [4.69, 9.17) is 14.2 Å². The highest BCUT2D eigenvalue weighted by Crippen LogP contribution is 2.16. The Balaban J connectivity index is 4.37. The lowest BCUT2D eigenvalue weighted by Gasteiger charge is -2.18. The average Bonchev–Trinajstić information content (AvgIpc) is 3.30. The molecule has 0 saturated carbocycles. The van der Waals surface area contributed by atoms with E-state index in [0.29, 0.717) is 19.3 Å². The van der Waals surface area contributed by atoms with Crippen LogP contribution >= 0.6 is 0 Å². The Bertz CT molecular complexity index is 1140. The third-order valence-corrected chi connectivity index (χ3v) is 12.3. The number of hydrogen-bond donors (Lipinski definition) is 0. The molecule has 0 rings (SSSR count). The third-order valence-electron chi connectivity index (χ3n) is 12.3. The van der Waals surface area contributed by atoms with Crippen molar-refractivity contribution < 1.29 is 28.6 Å². The molecule has 0 fully saturated rings. The van der Waals surface area contributed by atoms with Crippen LogP contribution in [0.2, 0.25) is 0 Å². The van der Waals surface area contributed by atoms with Gasteiger partial charge in [0.05, 0.1) is 0 Å². The van der Waals surface area contributed by atoms with Gasteiger partial charge in [-0.1, -0.05) is 243 Å². The summed E-state index contributed by atoms with van der Waals surface area (Å²) in [6.45, 7) is 6.53. The summed E-state index contributed by atoms with van der Waals surface area (Å²) in [7, 11) is 0. The first kappa shape index (κ1) is 62.4.